The van der Waals surface area contributed by atoms with Gasteiger partial charge in [-0.3, -0.25) is 0 Å². The molecule has 0 saturated heterocycles. The van der Waals surface area contributed by atoms with Gasteiger partial charge in [0.15, 0.2) is 0 Å². The second-order valence-electron chi connectivity index (χ2n) is 6.12. The molecule has 28 heavy (non-hydrogen) atoms. The summed E-state index contributed by atoms with van der Waals surface area (Å²) < 4.78 is 0. The van der Waals surface area contributed by atoms with Gasteiger partial charge in [0.25, 0.3) is 0 Å². The second kappa shape index (κ2) is 9.93. The van der Waals surface area contributed by atoms with Crippen molar-refractivity contribution in [1.29, 1.82) is 0 Å². The predicted octanol–water partition coefficient (Wildman–Crippen LogP) is 2.94. The molecule has 0 spiro atoms. The summed E-state index contributed by atoms with van der Waals surface area (Å²) in [5.41, 5.74) is 0.907. The van der Waals surface area contributed by atoms with Crippen LogP contribution >= 0.6 is 23.2 Å². The Labute approximate surface area is 171 Å². The molecule has 0 fully saturated rings. The normalized spacial score (nSPS) is 17.1. The molecule has 4 atom stereocenters. The van der Waals surface area contributed by atoms with E-state index in [4.69, 9.17) is 23.2 Å². The van der Waals surface area contributed by atoms with E-state index in [1.165, 1.54) is 12.1 Å². The fraction of sp³-hybridized carbons (Fsp3) is 0.200. The Balaban J connectivity index is 2.12. The third kappa shape index (κ3) is 5.97. The highest BCUT2D eigenvalue weighted by atomic mass is 35.5. The number of benzene rings is 2. The van der Waals surface area contributed by atoms with Crippen molar-refractivity contribution >= 4 is 35.4 Å². The van der Waals surface area contributed by atoms with Crippen LogP contribution in [0.15, 0.2) is 60.0 Å². The number of hydrogen-bond acceptors (Lipinski definition) is 6. The molecule has 150 valence electrons. The third-order valence-electron chi connectivity index (χ3n) is 3.93. The maximum atomic E-state index is 10.1. The van der Waals surface area contributed by atoms with Crippen LogP contribution in [0.3, 0.4) is 0 Å². The summed E-state index contributed by atoms with van der Waals surface area (Å²) in [6.07, 6.45) is -5.49. The lowest BCUT2D eigenvalue weighted by molar-refractivity contribution is -0.0996. The minimum absolute atomic E-state index is 0.406. The quantitative estimate of drug-likeness (QED) is 0.378. The minimum atomic E-state index is -1.99. The van der Waals surface area contributed by atoms with Crippen molar-refractivity contribution in [3.8, 4) is 0 Å². The van der Waals surface area contributed by atoms with E-state index in [1.54, 1.807) is 36.4 Å². The molecule has 8 heteroatoms. The zero-order chi connectivity index (χ0) is 20.8. The first-order valence-corrected chi connectivity index (χ1v) is 8.99. The Kier molecular flexibility index (Phi) is 7.88. The van der Waals surface area contributed by atoms with E-state index in [9.17, 15) is 30.6 Å². The van der Waals surface area contributed by atoms with Gasteiger partial charge in [-0.15, -0.1) is 0 Å². The van der Waals surface area contributed by atoms with Crippen molar-refractivity contribution in [3.05, 3.63) is 81.2 Å². The molecule has 0 amide bonds. The van der Waals surface area contributed by atoms with Crippen molar-refractivity contribution in [3.63, 3.8) is 0 Å². The number of aliphatic hydroxyl groups is 6. The van der Waals surface area contributed by atoms with Crippen LogP contribution in [0.4, 0.5) is 0 Å². The van der Waals surface area contributed by atoms with E-state index in [0.29, 0.717) is 21.2 Å². The van der Waals surface area contributed by atoms with Crippen LogP contribution in [0.5, 0.6) is 0 Å². The van der Waals surface area contributed by atoms with Crippen LogP contribution in [-0.4, -0.2) is 55.1 Å². The van der Waals surface area contributed by atoms with Crippen molar-refractivity contribution in [1.82, 2.24) is 0 Å². The van der Waals surface area contributed by atoms with E-state index < -0.39 is 35.9 Å². The molecule has 0 aliphatic carbocycles. The largest absolute Gasteiger partial charge is 0.509 e. The Morgan fingerprint density at radius 2 is 1.04 bits per heavy atom. The molecule has 4 unspecified atom stereocenters. The first-order chi connectivity index (χ1) is 13.2. The highest BCUT2D eigenvalue weighted by Crippen LogP contribution is 2.20. The summed E-state index contributed by atoms with van der Waals surface area (Å²) in [6.45, 7) is 0. The zero-order valence-electron chi connectivity index (χ0n) is 14.5. The van der Waals surface area contributed by atoms with Gasteiger partial charge in [0.1, 0.15) is 35.9 Å². The summed E-state index contributed by atoms with van der Waals surface area (Å²) in [4.78, 5) is 0. The predicted molar refractivity (Wildman–Crippen MR) is 108 cm³/mol. The fourth-order valence-corrected chi connectivity index (χ4v) is 2.83. The summed E-state index contributed by atoms with van der Waals surface area (Å²) in [7, 11) is 0. The molecule has 6 N–H and O–H groups in total. The molecule has 0 aliphatic heterocycles. The highest BCUT2D eigenvalue weighted by molar-refractivity contribution is 6.31. The Hall–Kier alpha value is -2.06. The lowest BCUT2D eigenvalue weighted by atomic mass is 9.99. The highest BCUT2D eigenvalue weighted by Gasteiger charge is 2.34. The third-order valence-corrected chi connectivity index (χ3v) is 4.40. The lowest BCUT2D eigenvalue weighted by Gasteiger charge is -2.26. The van der Waals surface area contributed by atoms with Gasteiger partial charge in [0.2, 0.25) is 0 Å². The molecule has 6 nitrogen and oxygen atoms in total. The van der Waals surface area contributed by atoms with Gasteiger partial charge in [0.05, 0.1) is 0 Å². The van der Waals surface area contributed by atoms with Crippen molar-refractivity contribution in [2.75, 3.05) is 0 Å². The maximum Gasteiger partial charge on any atom is 0.139 e. The number of rotatable bonds is 7. The average Bonchev–Trinajstić information content (AvgIpc) is 2.65. The van der Waals surface area contributed by atoms with Gasteiger partial charge in [-0.1, -0.05) is 47.5 Å². The first kappa shape index (κ1) is 22.2. The number of aliphatic hydroxyl groups excluding tert-OH is 6. The average molecular weight is 427 g/mol. The van der Waals surface area contributed by atoms with Gasteiger partial charge < -0.3 is 30.6 Å². The summed E-state index contributed by atoms with van der Waals surface area (Å²) in [5.74, 6) is -1.31. The monoisotopic (exact) mass is 426 g/mol. The number of halogens is 2. The molecular formula is C20H20Cl2O6. The van der Waals surface area contributed by atoms with Gasteiger partial charge in [-0.05, 0) is 47.5 Å². The molecule has 0 radical (unpaired) electrons. The summed E-state index contributed by atoms with van der Waals surface area (Å²) >= 11 is 11.7. The van der Waals surface area contributed by atoms with Crippen molar-refractivity contribution < 1.29 is 30.6 Å². The van der Waals surface area contributed by atoms with Crippen molar-refractivity contribution in [2.24, 2.45) is 0 Å². The Morgan fingerprint density at radius 1 is 0.679 bits per heavy atom. The molecule has 2 rings (SSSR count). The van der Waals surface area contributed by atoms with Crippen LogP contribution in [0, 0.1) is 0 Å². The second-order valence-corrected chi connectivity index (χ2v) is 6.99. The van der Waals surface area contributed by atoms with Crippen LogP contribution in [0.1, 0.15) is 11.1 Å². The molecule has 2 aromatic carbocycles. The molecule has 2 aromatic rings. The Bertz CT molecular complexity index is 796. The molecule has 0 aliphatic rings. The molecule has 0 heterocycles. The maximum absolute atomic E-state index is 10.1. The van der Waals surface area contributed by atoms with Gasteiger partial charge in [-0.2, -0.15) is 0 Å². The van der Waals surface area contributed by atoms with E-state index in [1.807, 2.05) is 0 Å². The van der Waals surface area contributed by atoms with Crippen LogP contribution < -0.4 is 0 Å². The summed E-state index contributed by atoms with van der Waals surface area (Å²) in [6, 6.07) is 12.7. The molecule has 0 saturated carbocycles. The van der Waals surface area contributed by atoms with Crippen molar-refractivity contribution in [2.45, 2.75) is 24.4 Å². The minimum Gasteiger partial charge on any atom is -0.509 e. The van der Waals surface area contributed by atoms with Crippen LogP contribution in [0.25, 0.3) is 12.2 Å². The van der Waals surface area contributed by atoms with E-state index in [0.717, 1.165) is 12.2 Å². The van der Waals surface area contributed by atoms with Gasteiger partial charge in [-0.25, -0.2) is 0 Å². The van der Waals surface area contributed by atoms with Crippen LogP contribution in [-0.2, 0) is 0 Å². The summed E-state index contributed by atoms with van der Waals surface area (Å²) in [5, 5.41) is 61.0. The first-order valence-electron chi connectivity index (χ1n) is 8.23. The molecular weight excluding hydrogens is 407 g/mol. The van der Waals surface area contributed by atoms with E-state index in [2.05, 4.69) is 0 Å². The molecule has 0 bridgehead atoms. The topological polar surface area (TPSA) is 121 Å². The van der Waals surface area contributed by atoms with Gasteiger partial charge in [0, 0.05) is 10.0 Å². The SMILES string of the molecule is OC(=Cc1cccc(Cl)c1)C(O)C(O)C(O)C(O)C(O)=Cc1cccc(Cl)c1. The van der Waals surface area contributed by atoms with E-state index in [-0.39, 0.29) is 0 Å². The smallest absolute Gasteiger partial charge is 0.139 e. The zero-order valence-corrected chi connectivity index (χ0v) is 16.0. The number of hydrogen-bond donors (Lipinski definition) is 6. The molecule has 0 aromatic heterocycles. The van der Waals surface area contributed by atoms with E-state index >= 15 is 0 Å². The lowest BCUT2D eigenvalue weighted by Crippen LogP contribution is -2.45. The van der Waals surface area contributed by atoms with Crippen LogP contribution in [0.2, 0.25) is 10.0 Å². The standard InChI is InChI=1S/C20H20Cl2O6/c21-13-5-1-3-11(7-13)9-15(23)17(25)19(27)20(28)18(26)16(24)10-12-4-2-6-14(22)8-12/h1-10,17-20,23-28H. The van der Waals surface area contributed by atoms with Gasteiger partial charge >= 0.3 is 0 Å². The fourth-order valence-electron chi connectivity index (χ4n) is 2.43. The Morgan fingerprint density at radius 3 is 1.36 bits per heavy atom.